The average molecular weight is 289 g/mol. The van der Waals surface area contributed by atoms with Crippen LogP contribution in [0.5, 0.6) is 0 Å². The molecule has 1 amide bonds. The number of thiocarbonyl (C=S) groups is 1. The van der Waals surface area contributed by atoms with Crippen LogP contribution in [0.1, 0.15) is 18.1 Å². The summed E-state index contributed by atoms with van der Waals surface area (Å²) in [7, 11) is 0. The molecule has 1 aromatic rings. The zero-order valence-electron chi connectivity index (χ0n) is 10.8. The summed E-state index contributed by atoms with van der Waals surface area (Å²) in [6, 6.07) is 8.21. The summed E-state index contributed by atoms with van der Waals surface area (Å²) >= 11 is 6.54. The number of carbonyl (C=O) groups is 1. The zero-order chi connectivity index (χ0) is 13.8. The number of hydrogen-bond donors (Lipinski definition) is 0. The van der Waals surface area contributed by atoms with Gasteiger partial charge in [-0.15, -0.1) is 6.58 Å². The van der Waals surface area contributed by atoms with Crippen molar-refractivity contribution < 1.29 is 4.79 Å². The highest BCUT2D eigenvalue weighted by molar-refractivity contribution is 8.26. The maximum atomic E-state index is 12.1. The first-order valence-corrected chi connectivity index (χ1v) is 7.33. The van der Waals surface area contributed by atoms with Gasteiger partial charge in [0.05, 0.1) is 4.91 Å². The average Bonchev–Trinajstić information content (AvgIpc) is 2.68. The van der Waals surface area contributed by atoms with E-state index in [0.717, 1.165) is 12.0 Å². The fraction of sp³-hybridized carbons (Fsp3) is 0.200. The van der Waals surface area contributed by atoms with Crippen LogP contribution in [0.2, 0.25) is 0 Å². The number of aryl methyl sites for hydroxylation is 1. The van der Waals surface area contributed by atoms with Gasteiger partial charge in [0.1, 0.15) is 4.32 Å². The lowest BCUT2D eigenvalue weighted by molar-refractivity contribution is -0.121. The summed E-state index contributed by atoms with van der Waals surface area (Å²) in [6.07, 6.45) is 4.59. The molecule has 2 rings (SSSR count). The quantitative estimate of drug-likeness (QED) is 0.479. The van der Waals surface area contributed by atoms with Crippen LogP contribution in [-0.4, -0.2) is 21.7 Å². The highest BCUT2D eigenvalue weighted by Gasteiger charge is 2.30. The molecule has 1 aromatic carbocycles. The van der Waals surface area contributed by atoms with Crippen molar-refractivity contribution in [1.82, 2.24) is 4.90 Å². The van der Waals surface area contributed by atoms with Gasteiger partial charge >= 0.3 is 0 Å². The van der Waals surface area contributed by atoms with Crippen molar-refractivity contribution >= 4 is 40.3 Å². The second-order valence-corrected chi connectivity index (χ2v) is 5.85. The second kappa shape index (κ2) is 6.17. The molecule has 19 heavy (non-hydrogen) atoms. The molecule has 4 heteroatoms. The summed E-state index contributed by atoms with van der Waals surface area (Å²) in [5.41, 5.74) is 2.31. The molecule has 0 bridgehead atoms. The minimum absolute atomic E-state index is 0.0329. The lowest BCUT2D eigenvalue weighted by Gasteiger charge is -2.10. The Kier molecular flexibility index (Phi) is 4.56. The van der Waals surface area contributed by atoms with Gasteiger partial charge in [0.15, 0.2) is 0 Å². The van der Waals surface area contributed by atoms with E-state index in [1.54, 1.807) is 11.0 Å². The Balaban J connectivity index is 2.21. The van der Waals surface area contributed by atoms with Crippen LogP contribution in [0.3, 0.4) is 0 Å². The van der Waals surface area contributed by atoms with Gasteiger partial charge in [-0.2, -0.15) is 0 Å². The summed E-state index contributed by atoms with van der Waals surface area (Å²) in [5, 5.41) is 0. The highest BCUT2D eigenvalue weighted by Crippen LogP contribution is 2.32. The summed E-state index contributed by atoms with van der Waals surface area (Å²) < 4.78 is 0.598. The zero-order valence-corrected chi connectivity index (χ0v) is 12.4. The number of nitrogens with zero attached hydrogens (tertiary/aromatic N) is 1. The normalized spacial score (nSPS) is 17.3. The van der Waals surface area contributed by atoms with Gasteiger partial charge in [0, 0.05) is 6.54 Å². The van der Waals surface area contributed by atoms with Gasteiger partial charge < -0.3 is 0 Å². The van der Waals surface area contributed by atoms with Crippen LogP contribution in [-0.2, 0) is 11.2 Å². The van der Waals surface area contributed by atoms with Crippen molar-refractivity contribution in [3.63, 3.8) is 0 Å². The third-order valence-corrected chi connectivity index (χ3v) is 4.25. The largest absolute Gasteiger partial charge is 0.289 e. The fourth-order valence-electron chi connectivity index (χ4n) is 1.79. The maximum Gasteiger partial charge on any atom is 0.266 e. The molecule has 2 nitrogen and oxygen atoms in total. The Hall–Kier alpha value is -1.39. The number of benzene rings is 1. The van der Waals surface area contributed by atoms with E-state index in [0.29, 0.717) is 15.8 Å². The van der Waals surface area contributed by atoms with Gasteiger partial charge in [-0.3, -0.25) is 9.69 Å². The topological polar surface area (TPSA) is 20.3 Å². The molecule has 1 fully saturated rings. The van der Waals surface area contributed by atoms with E-state index in [4.69, 9.17) is 12.2 Å². The van der Waals surface area contributed by atoms with Crippen molar-refractivity contribution in [3.05, 3.63) is 53.0 Å². The molecule has 0 aliphatic carbocycles. The maximum absolute atomic E-state index is 12.1. The molecule has 1 aliphatic heterocycles. The predicted octanol–water partition coefficient (Wildman–Crippen LogP) is 3.64. The number of amides is 1. The molecule has 1 aliphatic rings. The van der Waals surface area contributed by atoms with E-state index in [-0.39, 0.29) is 5.91 Å². The molecule has 0 atom stereocenters. The monoisotopic (exact) mass is 289 g/mol. The summed E-state index contributed by atoms with van der Waals surface area (Å²) in [6.45, 7) is 6.23. The fourth-order valence-corrected chi connectivity index (χ4v) is 3.06. The van der Waals surface area contributed by atoms with Gasteiger partial charge in [0.2, 0.25) is 0 Å². The van der Waals surface area contributed by atoms with E-state index in [2.05, 4.69) is 25.6 Å². The van der Waals surface area contributed by atoms with Crippen LogP contribution in [0, 0.1) is 0 Å². The van der Waals surface area contributed by atoms with Crippen LogP contribution >= 0.6 is 24.0 Å². The number of carbonyl (C=O) groups excluding carboxylic acids is 1. The Labute approximate surface area is 123 Å². The van der Waals surface area contributed by atoms with E-state index < -0.39 is 0 Å². The molecule has 1 heterocycles. The first kappa shape index (κ1) is 14.0. The number of rotatable bonds is 4. The molecule has 0 saturated carbocycles. The standard InChI is InChI=1S/C15H15NOS2/c1-3-9-16-14(17)13(19-15(16)18)10-12-7-5-11(4-2)6-8-12/h3,5-8,10H,1,4,9H2,2H3. The van der Waals surface area contributed by atoms with Crippen LogP contribution in [0.25, 0.3) is 6.08 Å². The van der Waals surface area contributed by atoms with Gasteiger partial charge in [-0.05, 0) is 23.6 Å². The SMILES string of the molecule is C=CCN1C(=O)C(=Cc2ccc(CC)cc2)SC1=S. The van der Waals surface area contributed by atoms with E-state index in [9.17, 15) is 4.79 Å². The van der Waals surface area contributed by atoms with Gasteiger partial charge in [-0.25, -0.2) is 0 Å². The van der Waals surface area contributed by atoms with Crippen molar-refractivity contribution in [2.24, 2.45) is 0 Å². The highest BCUT2D eigenvalue weighted by atomic mass is 32.2. The van der Waals surface area contributed by atoms with Crippen LogP contribution in [0.4, 0.5) is 0 Å². The van der Waals surface area contributed by atoms with Crippen LogP contribution < -0.4 is 0 Å². The predicted molar refractivity (Wildman–Crippen MR) is 85.9 cm³/mol. The number of hydrogen-bond acceptors (Lipinski definition) is 3. The lowest BCUT2D eigenvalue weighted by atomic mass is 10.1. The number of thioether (sulfide) groups is 1. The first-order chi connectivity index (χ1) is 9.15. The molecule has 1 saturated heterocycles. The minimum Gasteiger partial charge on any atom is -0.289 e. The molecule has 0 spiro atoms. The smallest absolute Gasteiger partial charge is 0.266 e. The Morgan fingerprint density at radius 2 is 2.05 bits per heavy atom. The molecule has 0 N–H and O–H groups in total. The first-order valence-electron chi connectivity index (χ1n) is 6.11. The van der Waals surface area contributed by atoms with Crippen molar-refractivity contribution in [3.8, 4) is 0 Å². The van der Waals surface area contributed by atoms with E-state index >= 15 is 0 Å². The molecule has 98 valence electrons. The minimum atomic E-state index is -0.0329. The summed E-state index contributed by atoms with van der Waals surface area (Å²) in [5.74, 6) is -0.0329. The van der Waals surface area contributed by atoms with Gasteiger partial charge in [-0.1, -0.05) is 61.2 Å². The second-order valence-electron chi connectivity index (χ2n) is 4.18. The molecule has 0 aromatic heterocycles. The molecular formula is C15H15NOS2. The van der Waals surface area contributed by atoms with Crippen molar-refractivity contribution in [1.29, 1.82) is 0 Å². The Morgan fingerprint density at radius 3 is 2.63 bits per heavy atom. The third-order valence-electron chi connectivity index (χ3n) is 2.87. The van der Waals surface area contributed by atoms with Crippen LogP contribution in [0.15, 0.2) is 41.8 Å². The molecule has 0 radical (unpaired) electrons. The molecular weight excluding hydrogens is 274 g/mol. The van der Waals surface area contributed by atoms with E-state index in [1.807, 2.05) is 18.2 Å². The van der Waals surface area contributed by atoms with Crippen molar-refractivity contribution in [2.75, 3.05) is 6.54 Å². The molecule has 0 unspecified atom stereocenters. The Morgan fingerprint density at radius 1 is 1.37 bits per heavy atom. The third kappa shape index (κ3) is 3.14. The summed E-state index contributed by atoms with van der Waals surface area (Å²) in [4.78, 5) is 14.4. The van der Waals surface area contributed by atoms with E-state index in [1.165, 1.54) is 17.3 Å². The lowest BCUT2D eigenvalue weighted by Crippen LogP contribution is -2.27. The Bertz CT molecular complexity index is 546. The van der Waals surface area contributed by atoms with Crippen molar-refractivity contribution in [2.45, 2.75) is 13.3 Å². The van der Waals surface area contributed by atoms with Gasteiger partial charge in [0.25, 0.3) is 5.91 Å².